The Morgan fingerprint density at radius 1 is 1.50 bits per heavy atom. The maximum absolute atomic E-state index is 10.8. The predicted octanol–water partition coefficient (Wildman–Crippen LogP) is 1.78. The van der Waals surface area contributed by atoms with Gasteiger partial charge in [-0.3, -0.25) is 0 Å². The van der Waals surface area contributed by atoms with Crippen LogP contribution >= 0.6 is 0 Å². The Labute approximate surface area is 109 Å². The number of ether oxygens (including phenoxy) is 1. The topological polar surface area (TPSA) is 61.8 Å². The molecular formula is C13H26N2O3. The fourth-order valence-electron chi connectivity index (χ4n) is 2.78. The first-order chi connectivity index (χ1) is 8.45. The van der Waals surface area contributed by atoms with Crippen LogP contribution in [-0.2, 0) is 4.74 Å². The molecule has 1 fully saturated rings. The second kappa shape index (κ2) is 6.95. The van der Waals surface area contributed by atoms with E-state index in [1.165, 1.54) is 0 Å². The molecule has 0 saturated heterocycles. The minimum atomic E-state index is -0.934. The summed E-state index contributed by atoms with van der Waals surface area (Å²) in [5, 5.41) is 11.5. The molecule has 0 aliphatic heterocycles. The van der Waals surface area contributed by atoms with E-state index < -0.39 is 6.09 Å². The summed E-state index contributed by atoms with van der Waals surface area (Å²) >= 11 is 0. The first kappa shape index (κ1) is 15.2. The first-order valence-corrected chi connectivity index (χ1v) is 6.66. The van der Waals surface area contributed by atoms with E-state index in [4.69, 9.17) is 9.84 Å². The van der Waals surface area contributed by atoms with E-state index in [1.54, 1.807) is 7.11 Å². The molecule has 18 heavy (non-hydrogen) atoms. The zero-order valence-electron chi connectivity index (χ0n) is 11.8. The lowest BCUT2D eigenvalue weighted by Gasteiger charge is -2.41. The van der Waals surface area contributed by atoms with E-state index in [0.29, 0.717) is 18.7 Å². The van der Waals surface area contributed by atoms with Crippen LogP contribution < -0.4 is 5.32 Å². The Morgan fingerprint density at radius 2 is 2.17 bits per heavy atom. The van der Waals surface area contributed by atoms with Gasteiger partial charge in [0.25, 0.3) is 0 Å². The second-order valence-corrected chi connectivity index (χ2v) is 5.50. The molecule has 5 nitrogen and oxygen atoms in total. The molecule has 3 atom stereocenters. The highest BCUT2D eigenvalue weighted by Gasteiger charge is 2.33. The Balaban J connectivity index is 2.61. The monoisotopic (exact) mass is 258 g/mol. The molecule has 0 aromatic heterocycles. The highest BCUT2D eigenvalue weighted by atomic mass is 16.5. The van der Waals surface area contributed by atoms with Crippen molar-refractivity contribution in [3.63, 3.8) is 0 Å². The van der Waals surface area contributed by atoms with E-state index in [1.807, 2.05) is 0 Å². The minimum Gasteiger partial charge on any atom is -0.465 e. The van der Waals surface area contributed by atoms with Crippen molar-refractivity contribution in [2.45, 2.75) is 51.2 Å². The summed E-state index contributed by atoms with van der Waals surface area (Å²) in [6, 6.07) is 1.07. The number of hydrogen-bond acceptors (Lipinski definition) is 3. The Hall–Kier alpha value is -0.810. The lowest BCUT2D eigenvalue weighted by molar-refractivity contribution is 0.0586. The number of carbonyl (C=O) groups is 1. The molecule has 1 aliphatic carbocycles. The quantitative estimate of drug-likeness (QED) is 0.789. The highest BCUT2D eigenvalue weighted by molar-refractivity contribution is 5.64. The van der Waals surface area contributed by atoms with E-state index in [2.05, 4.69) is 31.1 Å². The van der Waals surface area contributed by atoms with Gasteiger partial charge >= 0.3 is 6.09 Å². The maximum Gasteiger partial charge on any atom is 0.404 e. The fourth-order valence-corrected chi connectivity index (χ4v) is 2.78. The third kappa shape index (κ3) is 4.14. The van der Waals surface area contributed by atoms with Crippen molar-refractivity contribution in [1.29, 1.82) is 0 Å². The number of rotatable bonds is 5. The van der Waals surface area contributed by atoms with Gasteiger partial charge in [-0.25, -0.2) is 4.79 Å². The van der Waals surface area contributed by atoms with Crippen LogP contribution in [0.5, 0.6) is 0 Å². The smallest absolute Gasteiger partial charge is 0.404 e. The molecule has 0 aromatic rings. The van der Waals surface area contributed by atoms with Crippen molar-refractivity contribution in [2.75, 3.05) is 20.8 Å². The van der Waals surface area contributed by atoms with Crippen LogP contribution in [-0.4, -0.2) is 55.0 Å². The van der Waals surface area contributed by atoms with Crippen molar-refractivity contribution < 1.29 is 14.6 Å². The van der Waals surface area contributed by atoms with Gasteiger partial charge < -0.3 is 20.1 Å². The average molecular weight is 258 g/mol. The van der Waals surface area contributed by atoms with Gasteiger partial charge in [-0.2, -0.15) is 0 Å². The van der Waals surface area contributed by atoms with Crippen LogP contribution in [0, 0.1) is 5.92 Å². The molecule has 0 heterocycles. The van der Waals surface area contributed by atoms with Gasteiger partial charge in [-0.05, 0) is 40.2 Å². The molecule has 0 bridgehead atoms. The van der Waals surface area contributed by atoms with Crippen molar-refractivity contribution in [3.05, 3.63) is 0 Å². The highest BCUT2D eigenvalue weighted by Crippen LogP contribution is 2.28. The van der Waals surface area contributed by atoms with Crippen molar-refractivity contribution in [3.8, 4) is 0 Å². The van der Waals surface area contributed by atoms with Crippen LogP contribution in [0.2, 0.25) is 0 Å². The van der Waals surface area contributed by atoms with Gasteiger partial charge in [0, 0.05) is 31.2 Å². The zero-order valence-corrected chi connectivity index (χ0v) is 11.8. The predicted molar refractivity (Wildman–Crippen MR) is 70.9 cm³/mol. The van der Waals surface area contributed by atoms with Crippen LogP contribution in [0.25, 0.3) is 0 Å². The standard InChI is InChI=1S/C13H26N2O3/c1-9(2)15(3)11-5-6-12(14-13(16)17)10(7-11)8-18-4/h9-12,14H,5-8H2,1-4H3,(H,16,17)/t10-,11-,12+/m1/s1. The molecule has 0 radical (unpaired) electrons. The van der Waals surface area contributed by atoms with Crippen molar-refractivity contribution in [2.24, 2.45) is 5.92 Å². The summed E-state index contributed by atoms with van der Waals surface area (Å²) in [4.78, 5) is 13.2. The van der Waals surface area contributed by atoms with Gasteiger partial charge in [-0.1, -0.05) is 0 Å². The summed E-state index contributed by atoms with van der Waals surface area (Å²) in [5.41, 5.74) is 0. The molecule has 106 valence electrons. The molecule has 5 heteroatoms. The number of hydrogen-bond donors (Lipinski definition) is 2. The van der Waals surface area contributed by atoms with Gasteiger partial charge in [0.1, 0.15) is 0 Å². The maximum atomic E-state index is 10.8. The number of carboxylic acid groups (broad SMARTS) is 1. The number of amides is 1. The Morgan fingerprint density at radius 3 is 2.67 bits per heavy atom. The number of methoxy groups -OCH3 is 1. The largest absolute Gasteiger partial charge is 0.465 e. The third-order valence-corrected chi connectivity index (χ3v) is 4.03. The summed E-state index contributed by atoms with van der Waals surface area (Å²) in [7, 11) is 3.82. The van der Waals surface area contributed by atoms with E-state index >= 15 is 0 Å². The molecule has 0 spiro atoms. The van der Waals surface area contributed by atoms with E-state index in [9.17, 15) is 4.79 Å². The Bertz CT molecular complexity index is 271. The SMILES string of the molecule is COC[C@H]1C[C@H](N(C)C(C)C)CC[C@@H]1NC(=O)O. The van der Waals surface area contributed by atoms with Gasteiger partial charge in [-0.15, -0.1) is 0 Å². The molecule has 1 rings (SSSR count). The molecule has 2 N–H and O–H groups in total. The summed E-state index contributed by atoms with van der Waals surface area (Å²) in [6.07, 6.45) is 1.99. The minimum absolute atomic E-state index is 0.0271. The van der Waals surface area contributed by atoms with Gasteiger partial charge in [0.15, 0.2) is 0 Å². The van der Waals surface area contributed by atoms with E-state index in [0.717, 1.165) is 19.3 Å². The fraction of sp³-hybridized carbons (Fsp3) is 0.923. The summed E-state index contributed by atoms with van der Waals surface area (Å²) < 4.78 is 5.23. The van der Waals surface area contributed by atoms with Crippen molar-refractivity contribution >= 4 is 6.09 Å². The van der Waals surface area contributed by atoms with Crippen LogP contribution in [0.1, 0.15) is 33.1 Å². The molecule has 1 saturated carbocycles. The second-order valence-electron chi connectivity index (χ2n) is 5.50. The normalized spacial score (nSPS) is 28.7. The molecule has 0 unspecified atom stereocenters. The molecule has 0 aromatic carbocycles. The van der Waals surface area contributed by atoms with E-state index in [-0.39, 0.29) is 12.0 Å². The molecule has 1 amide bonds. The lowest BCUT2D eigenvalue weighted by Crippen LogP contribution is -2.50. The summed E-state index contributed by atoms with van der Waals surface area (Å²) in [6.45, 7) is 4.99. The third-order valence-electron chi connectivity index (χ3n) is 4.03. The zero-order chi connectivity index (χ0) is 13.7. The lowest BCUT2D eigenvalue weighted by atomic mass is 9.81. The van der Waals surface area contributed by atoms with Gasteiger partial charge in [0.2, 0.25) is 0 Å². The first-order valence-electron chi connectivity index (χ1n) is 6.66. The van der Waals surface area contributed by atoms with Crippen molar-refractivity contribution in [1.82, 2.24) is 10.2 Å². The Kier molecular flexibility index (Phi) is 5.88. The molecular weight excluding hydrogens is 232 g/mol. The number of nitrogens with one attached hydrogen (secondary N) is 1. The van der Waals surface area contributed by atoms with Crippen LogP contribution in [0.15, 0.2) is 0 Å². The van der Waals surface area contributed by atoms with Crippen LogP contribution in [0.3, 0.4) is 0 Å². The van der Waals surface area contributed by atoms with Gasteiger partial charge in [0.05, 0.1) is 6.61 Å². The van der Waals surface area contributed by atoms with Crippen LogP contribution in [0.4, 0.5) is 4.79 Å². The summed E-state index contributed by atoms with van der Waals surface area (Å²) in [5.74, 6) is 0.269. The average Bonchev–Trinajstić information content (AvgIpc) is 2.30. The number of nitrogens with zero attached hydrogens (tertiary/aromatic N) is 1. The molecule has 1 aliphatic rings.